The van der Waals surface area contributed by atoms with E-state index in [-0.39, 0.29) is 24.3 Å². The summed E-state index contributed by atoms with van der Waals surface area (Å²) < 4.78 is 5.55. The summed E-state index contributed by atoms with van der Waals surface area (Å²) in [5.74, 6) is 0.299. The Kier molecular flexibility index (Phi) is 4.39. The molecule has 5 nitrogen and oxygen atoms in total. The van der Waals surface area contributed by atoms with Gasteiger partial charge in [0.05, 0.1) is 12.5 Å². The minimum atomic E-state index is -0.232. The Bertz CT molecular complexity index is 474. The van der Waals surface area contributed by atoms with Crippen molar-refractivity contribution in [1.29, 1.82) is 0 Å². The van der Waals surface area contributed by atoms with Crippen molar-refractivity contribution in [3.05, 3.63) is 29.8 Å². The lowest BCUT2D eigenvalue weighted by Gasteiger charge is -2.24. The lowest BCUT2D eigenvalue weighted by atomic mass is 9.96. The van der Waals surface area contributed by atoms with Gasteiger partial charge >= 0.3 is 0 Å². The van der Waals surface area contributed by atoms with Gasteiger partial charge < -0.3 is 15.4 Å². The summed E-state index contributed by atoms with van der Waals surface area (Å²) in [6.45, 7) is 2.78. The molecule has 2 amide bonds. The van der Waals surface area contributed by atoms with Gasteiger partial charge in [0.15, 0.2) is 0 Å². The Morgan fingerprint density at radius 3 is 2.89 bits per heavy atom. The fourth-order valence-corrected chi connectivity index (χ4v) is 2.07. The molecule has 1 atom stereocenters. The van der Waals surface area contributed by atoms with Crippen LogP contribution in [0, 0.1) is 5.92 Å². The number of hydrogen-bond donors (Lipinski definition) is 2. The molecule has 0 radical (unpaired) electrons. The summed E-state index contributed by atoms with van der Waals surface area (Å²) in [5, 5.41) is 5.27. The van der Waals surface area contributed by atoms with Crippen LogP contribution in [0.15, 0.2) is 24.3 Å². The van der Waals surface area contributed by atoms with E-state index in [2.05, 4.69) is 10.6 Å². The molecule has 1 aliphatic heterocycles. The van der Waals surface area contributed by atoms with E-state index in [1.165, 1.54) is 0 Å². The number of ether oxygens (including phenoxy) is 1. The summed E-state index contributed by atoms with van der Waals surface area (Å²) in [5.41, 5.74) is 1.03. The van der Waals surface area contributed by atoms with Gasteiger partial charge in [0, 0.05) is 6.54 Å². The lowest BCUT2D eigenvalue weighted by Crippen LogP contribution is -2.42. The van der Waals surface area contributed by atoms with E-state index in [4.69, 9.17) is 4.74 Å². The van der Waals surface area contributed by atoms with Gasteiger partial charge in [-0.25, -0.2) is 0 Å². The predicted octanol–water partition coefficient (Wildman–Crippen LogP) is 0.490. The van der Waals surface area contributed by atoms with Gasteiger partial charge in [-0.1, -0.05) is 18.2 Å². The van der Waals surface area contributed by atoms with Crippen LogP contribution in [0.3, 0.4) is 0 Å². The molecular formula is C14H18N2O3. The third-order valence-corrected chi connectivity index (χ3v) is 3.05. The highest BCUT2D eigenvalue weighted by Crippen LogP contribution is 2.26. The third-order valence-electron chi connectivity index (χ3n) is 3.05. The maximum atomic E-state index is 11.9. The first-order chi connectivity index (χ1) is 9.20. The predicted molar refractivity (Wildman–Crippen MR) is 70.8 cm³/mol. The molecule has 0 fully saturated rings. The van der Waals surface area contributed by atoms with Gasteiger partial charge in [0.2, 0.25) is 11.8 Å². The van der Waals surface area contributed by atoms with Crippen LogP contribution in [0.1, 0.15) is 12.5 Å². The Labute approximate surface area is 112 Å². The SMILES string of the molecule is CCNC(=O)CNC(=O)[C@H]1COc2ccccc2C1. The van der Waals surface area contributed by atoms with Crippen molar-refractivity contribution in [2.45, 2.75) is 13.3 Å². The van der Waals surface area contributed by atoms with Crippen molar-refractivity contribution in [2.24, 2.45) is 5.92 Å². The standard InChI is InChI=1S/C14H18N2O3/c1-2-15-13(17)8-16-14(18)11-7-10-5-3-4-6-12(10)19-9-11/h3-6,11H,2,7-9H2,1H3,(H,15,17)(H,16,18)/t11-/m1/s1. The topological polar surface area (TPSA) is 67.4 Å². The first-order valence-electron chi connectivity index (χ1n) is 6.45. The molecular weight excluding hydrogens is 244 g/mol. The highest BCUT2D eigenvalue weighted by atomic mass is 16.5. The summed E-state index contributed by atoms with van der Waals surface area (Å²) in [6, 6.07) is 7.70. The van der Waals surface area contributed by atoms with E-state index in [0.29, 0.717) is 19.6 Å². The molecule has 0 aromatic heterocycles. The Balaban J connectivity index is 1.87. The number of rotatable bonds is 4. The van der Waals surface area contributed by atoms with Crippen molar-refractivity contribution in [3.8, 4) is 5.75 Å². The summed E-state index contributed by atoms with van der Waals surface area (Å²) >= 11 is 0. The molecule has 5 heteroatoms. The first kappa shape index (κ1) is 13.4. The van der Waals surface area contributed by atoms with Gasteiger partial charge in [-0.15, -0.1) is 0 Å². The number of carbonyl (C=O) groups is 2. The van der Waals surface area contributed by atoms with Crippen LogP contribution in [-0.4, -0.2) is 31.5 Å². The van der Waals surface area contributed by atoms with Gasteiger partial charge in [-0.2, -0.15) is 0 Å². The van der Waals surface area contributed by atoms with Crippen molar-refractivity contribution in [2.75, 3.05) is 19.7 Å². The highest BCUT2D eigenvalue weighted by molar-refractivity contribution is 5.86. The van der Waals surface area contributed by atoms with Crippen molar-refractivity contribution in [1.82, 2.24) is 10.6 Å². The largest absolute Gasteiger partial charge is 0.492 e. The van der Waals surface area contributed by atoms with E-state index in [9.17, 15) is 9.59 Å². The smallest absolute Gasteiger partial charge is 0.239 e. The number of benzene rings is 1. The van der Waals surface area contributed by atoms with Crippen LogP contribution < -0.4 is 15.4 Å². The van der Waals surface area contributed by atoms with Crippen LogP contribution in [0.2, 0.25) is 0 Å². The quantitative estimate of drug-likeness (QED) is 0.830. The van der Waals surface area contributed by atoms with Gasteiger partial charge in [0.1, 0.15) is 12.4 Å². The molecule has 1 aromatic rings. The zero-order valence-electron chi connectivity index (χ0n) is 10.9. The Morgan fingerprint density at radius 1 is 1.32 bits per heavy atom. The average Bonchev–Trinajstić information content (AvgIpc) is 2.44. The normalized spacial score (nSPS) is 17.0. The Hall–Kier alpha value is -2.04. The van der Waals surface area contributed by atoms with E-state index in [1.807, 2.05) is 31.2 Å². The fourth-order valence-electron chi connectivity index (χ4n) is 2.07. The molecule has 102 valence electrons. The molecule has 19 heavy (non-hydrogen) atoms. The average molecular weight is 262 g/mol. The van der Waals surface area contributed by atoms with Crippen LogP contribution in [0.4, 0.5) is 0 Å². The minimum absolute atomic E-state index is 0.0187. The van der Waals surface area contributed by atoms with Gasteiger partial charge in [-0.05, 0) is 25.0 Å². The maximum absolute atomic E-state index is 11.9. The zero-order chi connectivity index (χ0) is 13.7. The molecule has 0 spiro atoms. The van der Waals surface area contributed by atoms with E-state index >= 15 is 0 Å². The van der Waals surface area contributed by atoms with Crippen molar-refractivity contribution < 1.29 is 14.3 Å². The number of para-hydroxylation sites is 1. The summed E-state index contributed by atoms with van der Waals surface area (Å²) in [6.07, 6.45) is 0.650. The molecule has 0 saturated carbocycles. The Morgan fingerprint density at radius 2 is 2.11 bits per heavy atom. The second kappa shape index (κ2) is 6.22. The summed E-state index contributed by atoms with van der Waals surface area (Å²) in [7, 11) is 0. The molecule has 2 rings (SSSR count). The van der Waals surface area contributed by atoms with Crippen LogP contribution >= 0.6 is 0 Å². The fraction of sp³-hybridized carbons (Fsp3) is 0.429. The number of likely N-dealkylation sites (N-methyl/N-ethyl adjacent to an activating group) is 1. The van der Waals surface area contributed by atoms with Crippen LogP contribution in [0.5, 0.6) is 5.75 Å². The number of fused-ring (bicyclic) bond motifs is 1. The number of nitrogens with one attached hydrogen (secondary N) is 2. The zero-order valence-corrected chi connectivity index (χ0v) is 10.9. The molecule has 0 saturated heterocycles. The van der Waals surface area contributed by atoms with Crippen LogP contribution in [-0.2, 0) is 16.0 Å². The van der Waals surface area contributed by atoms with E-state index < -0.39 is 0 Å². The molecule has 1 heterocycles. The van der Waals surface area contributed by atoms with Crippen molar-refractivity contribution in [3.63, 3.8) is 0 Å². The van der Waals surface area contributed by atoms with Crippen molar-refractivity contribution >= 4 is 11.8 Å². The first-order valence-corrected chi connectivity index (χ1v) is 6.45. The molecule has 0 bridgehead atoms. The molecule has 1 aliphatic rings. The van der Waals surface area contributed by atoms with Crippen LogP contribution in [0.25, 0.3) is 0 Å². The number of hydrogen-bond acceptors (Lipinski definition) is 3. The minimum Gasteiger partial charge on any atom is -0.492 e. The second-order valence-corrected chi connectivity index (χ2v) is 4.49. The monoisotopic (exact) mass is 262 g/mol. The summed E-state index contributed by atoms with van der Waals surface area (Å²) in [4.78, 5) is 23.2. The van der Waals surface area contributed by atoms with E-state index in [0.717, 1.165) is 11.3 Å². The lowest BCUT2D eigenvalue weighted by molar-refractivity contribution is -0.129. The molecule has 0 unspecified atom stereocenters. The number of carbonyl (C=O) groups excluding carboxylic acids is 2. The number of amides is 2. The molecule has 2 N–H and O–H groups in total. The van der Waals surface area contributed by atoms with E-state index in [1.54, 1.807) is 0 Å². The molecule has 0 aliphatic carbocycles. The molecule has 1 aromatic carbocycles. The highest BCUT2D eigenvalue weighted by Gasteiger charge is 2.25. The van der Waals surface area contributed by atoms with Gasteiger partial charge in [-0.3, -0.25) is 9.59 Å². The van der Waals surface area contributed by atoms with Gasteiger partial charge in [0.25, 0.3) is 0 Å². The third kappa shape index (κ3) is 3.47. The maximum Gasteiger partial charge on any atom is 0.239 e. The second-order valence-electron chi connectivity index (χ2n) is 4.49.